The highest BCUT2D eigenvalue weighted by atomic mass is 35.5. The van der Waals surface area contributed by atoms with Crippen LogP contribution in [0.4, 0.5) is 11.4 Å². The van der Waals surface area contributed by atoms with Gasteiger partial charge in [0.15, 0.2) is 5.82 Å². The minimum absolute atomic E-state index is 0.0596. The first-order valence-corrected chi connectivity index (χ1v) is 5.47. The summed E-state index contributed by atoms with van der Waals surface area (Å²) in [5.74, 6) is 0.541. The molecule has 1 N–H and O–H groups in total. The van der Waals surface area contributed by atoms with Crippen molar-refractivity contribution in [3.8, 4) is 0 Å². The van der Waals surface area contributed by atoms with Crippen LogP contribution in [0.5, 0.6) is 0 Å². The Morgan fingerprint density at radius 1 is 1.50 bits per heavy atom. The number of aromatic nitrogens is 2. The zero-order chi connectivity index (χ0) is 13.0. The largest absolute Gasteiger partial charge is 0.379 e. The van der Waals surface area contributed by atoms with Gasteiger partial charge in [-0.2, -0.15) is 4.98 Å². The van der Waals surface area contributed by atoms with E-state index in [4.69, 9.17) is 11.6 Å². The molecule has 0 atom stereocenters. The first kappa shape index (κ1) is 12.3. The maximum absolute atomic E-state index is 10.8. The molecule has 0 bridgehead atoms. The number of benzene rings is 1. The summed E-state index contributed by atoms with van der Waals surface area (Å²) in [6.07, 6.45) is 1.75. The molecule has 8 heteroatoms. The van der Waals surface area contributed by atoms with Crippen molar-refractivity contribution >= 4 is 23.0 Å². The summed E-state index contributed by atoms with van der Waals surface area (Å²) < 4.78 is 4.58. The van der Waals surface area contributed by atoms with E-state index in [1.165, 1.54) is 12.5 Å². The third kappa shape index (κ3) is 2.95. The Hall–Kier alpha value is -2.15. The molecule has 0 fully saturated rings. The molecule has 0 saturated carbocycles. The van der Waals surface area contributed by atoms with Crippen molar-refractivity contribution in [1.29, 1.82) is 0 Å². The fraction of sp³-hybridized carbons (Fsp3) is 0.200. The molecule has 1 aromatic heterocycles. The minimum Gasteiger partial charge on any atom is -0.379 e. The fourth-order valence-electron chi connectivity index (χ4n) is 1.42. The van der Waals surface area contributed by atoms with Crippen LogP contribution in [0.3, 0.4) is 0 Å². The fourth-order valence-corrected chi connectivity index (χ4v) is 1.58. The Kier molecular flexibility index (Phi) is 3.73. The van der Waals surface area contributed by atoms with Gasteiger partial charge in [-0.1, -0.05) is 16.8 Å². The van der Waals surface area contributed by atoms with Crippen LogP contribution < -0.4 is 5.32 Å². The van der Waals surface area contributed by atoms with Crippen molar-refractivity contribution in [3.05, 3.63) is 45.6 Å². The van der Waals surface area contributed by atoms with Crippen molar-refractivity contribution in [2.24, 2.45) is 0 Å². The number of hydrogen-bond acceptors (Lipinski definition) is 6. The first-order valence-electron chi connectivity index (χ1n) is 5.10. The summed E-state index contributed by atoms with van der Waals surface area (Å²) in [5, 5.41) is 17.7. The molecule has 2 aromatic rings. The molecular weight excluding hydrogens is 260 g/mol. The van der Waals surface area contributed by atoms with Gasteiger partial charge < -0.3 is 9.84 Å². The minimum atomic E-state index is -0.484. The zero-order valence-corrected chi connectivity index (χ0v) is 9.92. The number of anilines is 1. The predicted octanol–water partition coefficient (Wildman–Crippen LogP) is 2.29. The SMILES string of the molecule is O=[N+]([O-])c1cc(Cl)ccc1NCCc1ncon1. The van der Waals surface area contributed by atoms with E-state index in [1.54, 1.807) is 12.1 Å². The third-order valence-corrected chi connectivity index (χ3v) is 2.46. The van der Waals surface area contributed by atoms with Crippen molar-refractivity contribution < 1.29 is 9.45 Å². The van der Waals surface area contributed by atoms with Gasteiger partial charge in [-0.15, -0.1) is 0 Å². The van der Waals surface area contributed by atoms with Gasteiger partial charge in [0, 0.05) is 24.1 Å². The monoisotopic (exact) mass is 268 g/mol. The van der Waals surface area contributed by atoms with Gasteiger partial charge in [-0.25, -0.2) is 0 Å². The van der Waals surface area contributed by atoms with Crippen LogP contribution in [-0.4, -0.2) is 21.6 Å². The van der Waals surface area contributed by atoms with Crippen LogP contribution in [-0.2, 0) is 6.42 Å². The summed E-state index contributed by atoms with van der Waals surface area (Å²) in [6.45, 7) is 0.460. The van der Waals surface area contributed by atoms with Crippen molar-refractivity contribution in [1.82, 2.24) is 10.1 Å². The second-order valence-corrected chi connectivity index (χ2v) is 3.88. The van der Waals surface area contributed by atoms with Crippen molar-refractivity contribution in [2.75, 3.05) is 11.9 Å². The van der Waals surface area contributed by atoms with Crippen LogP contribution >= 0.6 is 11.6 Å². The molecule has 0 amide bonds. The highest BCUT2D eigenvalue weighted by molar-refractivity contribution is 6.30. The van der Waals surface area contributed by atoms with Gasteiger partial charge in [-0.3, -0.25) is 10.1 Å². The Balaban J connectivity index is 2.02. The highest BCUT2D eigenvalue weighted by Crippen LogP contribution is 2.27. The molecule has 0 radical (unpaired) electrons. The van der Waals surface area contributed by atoms with Gasteiger partial charge in [0.05, 0.1) is 4.92 Å². The molecule has 0 unspecified atom stereocenters. The maximum Gasteiger partial charge on any atom is 0.293 e. The van der Waals surface area contributed by atoms with Crippen LogP contribution in [0.15, 0.2) is 29.1 Å². The summed E-state index contributed by atoms with van der Waals surface area (Å²) >= 11 is 5.71. The number of halogens is 1. The third-order valence-electron chi connectivity index (χ3n) is 2.23. The average Bonchev–Trinajstić information content (AvgIpc) is 2.84. The highest BCUT2D eigenvalue weighted by Gasteiger charge is 2.13. The van der Waals surface area contributed by atoms with Crippen LogP contribution in [0.25, 0.3) is 0 Å². The molecule has 1 aromatic carbocycles. The lowest BCUT2D eigenvalue weighted by Crippen LogP contribution is -2.07. The summed E-state index contributed by atoms with van der Waals surface area (Å²) in [7, 11) is 0. The topological polar surface area (TPSA) is 94.1 Å². The molecule has 94 valence electrons. The number of nitro benzene ring substituents is 1. The number of nitrogens with one attached hydrogen (secondary N) is 1. The molecule has 0 aliphatic rings. The molecular formula is C10H9ClN4O3. The van der Waals surface area contributed by atoms with E-state index in [0.717, 1.165) is 0 Å². The van der Waals surface area contributed by atoms with E-state index in [0.29, 0.717) is 29.5 Å². The molecule has 0 aliphatic heterocycles. The lowest BCUT2D eigenvalue weighted by atomic mass is 10.2. The van der Waals surface area contributed by atoms with Gasteiger partial charge in [0.2, 0.25) is 6.39 Å². The van der Waals surface area contributed by atoms with E-state index < -0.39 is 4.92 Å². The second-order valence-electron chi connectivity index (χ2n) is 3.44. The lowest BCUT2D eigenvalue weighted by molar-refractivity contribution is -0.383. The Morgan fingerprint density at radius 2 is 2.33 bits per heavy atom. The maximum atomic E-state index is 10.8. The Labute approximate surface area is 107 Å². The first-order chi connectivity index (χ1) is 8.66. The van der Waals surface area contributed by atoms with Gasteiger partial charge in [-0.05, 0) is 12.1 Å². The standard InChI is InChI=1S/C10H9ClN4O3/c11-7-1-2-8(9(5-7)15(16)17)12-4-3-10-13-6-18-14-10/h1-2,5-6,12H,3-4H2. The molecule has 2 rings (SSSR count). The normalized spacial score (nSPS) is 10.3. The van der Waals surface area contributed by atoms with Crippen LogP contribution in [0.1, 0.15) is 5.82 Å². The summed E-state index contributed by atoms with van der Waals surface area (Å²) in [5.41, 5.74) is 0.350. The van der Waals surface area contributed by atoms with Gasteiger partial charge >= 0.3 is 0 Å². The Morgan fingerprint density at radius 3 is 3.00 bits per heavy atom. The molecule has 7 nitrogen and oxygen atoms in total. The van der Waals surface area contributed by atoms with Crippen LogP contribution in [0, 0.1) is 10.1 Å². The molecule has 0 spiro atoms. The molecule has 0 saturated heterocycles. The lowest BCUT2D eigenvalue weighted by Gasteiger charge is -2.05. The zero-order valence-electron chi connectivity index (χ0n) is 9.17. The van der Waals surface area contributed by atoms with Gasteiger partial charge in [0.25, 0.3) is 5.69 Å². The quantitative estimate of drug-likeness (QED) is 0.660. The van der Waals surface area contributed by atoms with Gasteiger partial charge in [0.1, 0.15) is 5.69 Å². The summed E-state index contributed by atoms with van der Waals surface area (Å²) in [4.78, 5) is 14.2. The summed E-state index contributed by atoms with van der Waals surface area (Å²) in [6, 6.07) is 4.46. The Bertz CT molecular complexity index is 544. The van der Waals surface area contributed by atoms with E-state index in [-0.39, 0.29) is 5.69 Å². The average molecular weight is 269 g/mol. The molecule has 0 aliphatic carbocycles. The number of hydrogen-bond donors (Lipinski definition) is 1. The van der Waals surface area contributed by atoms with Crippen molar-refractivity contribution in [2.45, 2.75) is 6.42 Å². The van der Waals surface area contributed by atoms with Crippen molar-refractivity contribution in [3.63, 3.8) is 0 Å². The second kappa shape index (κ2) is 5.46. The van der Waals surface area contributed by atoms with E-state index in [9.17, 15) is 10.1 Å². The predicted molar refractivity (Wildman–Crippen MR) is 64.6 cm³/mol. The van der Waals surface area contributed by atoms with Crippen LogP contribution in [0.2, 0.25) is 5.02 Å². The number of rotatable bonds is 5. The molecule has 1 heterocycles. The molecule has 18 heavy (non-hydrogen) atoms. The smallest absolute Gasteiger partial charge is 0.293 e. The van der Waals surface area contributed by atoms with E-state index >= 15 is 0 Å². The number of nitro groups is 1. The van der Waals surface area contributed by atoms with E-state index in [2.05, 4.69) is 20.0 Å². The number of nitrogens with zero attached hydrogens (tertiary/aromatic N) is 3. The van der Waals surface area contributed by atoms with E-state index in [1.807, 2.05) is 0 Å².